The molecule has 10 nitrogen and oxygen atoms in total. The molecular weight excluding hydrogens is 693 g/mol. The van der Waals surface area contributed by atoms with Gasteiger partial charge < -0.3 is 51.7 Å². The fourth-order valence-corrected chi connectivity index (χ4v) is 8.01. The van der Waals surface area contributed by atoms with Gasteiger partial charge in [0.2, 0.25) is 0 Å². The van der Waals surface area contributed by atoms with Crippen LogP contribution in [0, 0.1) is 0 Å². The summed E-state index contributed by atoms with van der Waals surface area (Å²) >= 11 is 0. The first kappa shape index (κ1) is 37.6. The maximum Gasteiger partial charge on any atom is 0.176 e. The molecule has 0 bridgehead atoms. The third-order valence-electron chi connectivity index (χ3n) is 11.1. The van der Waals surface area contributed by atoms with Gasteiger partial charge in [-0.25, -0.2) is 0 Å². The molecule has 0 spiro atoms. The van der Waals surface area contributed by atoms with Crippen molar-refractivity contribution in [2.75, 3.05) is 6.54 Å². The molecule has 8 rings (SSSR count). The lowest BCUT2D eigenvalue weighted by Gasteiger charge is -2.48. The van der Waals surface area contributed by atoms with Crippen molar-refractivity contribution in [2.45, 2.75) is 87.3 Å². The molecular formula is C45H50N4O6. The van der Waals surface area contributed by atoms with Crippen molar-refractivity contribution in [1.82, 2.24) is 0 Å². The molecule has 1 saturated heterocycles. The summed E-state index contributed by atoms with van der Waals surface area (Å²) in [7, 11) is 0. The number of ether oxygens (including phenoxy) is 5. The number of hydrogen-bond donors (Lipinski definition) is 5. The lowest BCUT2D eigenvalue weighted by Crippen LogP contribution is -2.68. The zero-order valence-electron chi connectivity index (χ0n) is 30.7. The Morgan fingerprint density at radius 3 is 1.44 bits per heavy atom. The predicted molar refractivity (Wildman–Crippen MR) is 215 cm³/mol. The molecule has 10 heteroatoms. The van der Waals surface area contributed by atoms with E-state index in [1.54, 1.807) is 0 Å². The summed E-state index contributed by atoms with van der Waals surface area (Å²) in [6, 6.07) is 41.2. The van der Waals surface area contributed by atoms with E-state index in [0.717, 1.165) is 49.0 Å². The largest absolute Gasteiger partial charge is 0.389 e. The molecule has 1 heterocycles. The van der Waals surface area contributed by atoms with Gasteiger partial charge in [-0.3, -0.25) is 0 Å². The van der Waals surface area contributed by atoms with Crippen LogP contribution in [0.5, 0.6) is 0 Å². The first-order valence-corrected chi connectivity index (χ1v) is 19.1. The standard InChI is InChI=1S/C45H50N4O6/c46-23-38-42(51-24-27-13-16-30-7-1-4-10-33(30)19-27)43(52-25-28-14-17-31-8-2-5-11-34(31)20-28)39(49)45(54-38)55-41-37(48)22-36(47)40(50)44(41)53-26-29-15-18-32-9-3-6-12-35(32)21-29/h1-21,36-45,50H,22-26,46-49H2. The molecule has 1 aliphatic heterocycles. The van der Waals surface area contributed by atoms with Crippen molar-refractivity contribution >= 4 is 32.3 Å². The summed E-state index contributed by atoms with van der Waals surface area (Å²) in [5.41, 5.74) is 29.5. The zero-order chi connectivity index (χ0) is 37.9. The van der Waals surface area contributed by atoms with Gasteiger partial charge in [0, 0.05) is 18.6 Å². The van der Waals surface area contributed by atoms with Gasteiger partial charge in [0.15, 0.2) is 6.29 Å². The lowest BCUT2D eigenvalue weighted by atomic mass is 9.84. The third kappa shape index (κ3) is 8.30. The highest BCUT2D eigenvalue weighted by Crippen LogP contribution is 2.32. The Balaban J connectivity index is 1.03. The van der Waals surface area contributed by atoms with Gasteiger partial charge in [-0.15, -0.1) is 0 Å². The summed E-state index contributed by atoms with van der Waals surface area (Å²) in [6.07, 6.45) is -5.28. The first-order chi connectivity index (χ1) is 26.8. The van der Waals surface area contributed by atoms with Crippen LogP contribution in [0.25, 0.3) is 32.3 Å². The number of rotatable bonds is 12. The first-order valence-electron chi connectivity index (χ1n) is 19.1. The molecule has 1 aliphatic carbocycles. The highest BCUT2D eigenvalue weighted by Gasteiger charge is 2.50. The number of aliphatic hydroxyl groups is 1. The van der Waals surface area contributed by atoms with E-state index in [0.29, 0.717) is 13.0 Å². The smallest absolute Gasteiger partial charge is 0.176 e. The third-order valence-corrected chi connectivity index (χ3v) is 11.1. The van der Waals surface area contributed by atoms with Crippen molar-refractivity contribution in [2.24, 2.45) is 22.9 Å². The van der Waals surface area contributed by atoms with E-state index in [-0.39, 0.29) is 19.8 Å². The molecule has 9 N–H and O–H groups in total. The van der Waals surface area contributed by atoms with Crippen LogP contribution < -0.4 is 22.9 Å². The molecule has 286 valence electrons. The molecule has 1 saturated carbocycles. The quantitative estimate of drug-likeness (QED) is 0.115. The molecule has 55 heavy (non-hydrogen) atoms. The highest BCUT2D eigenvalue weighted by molar-refractivity contribution is 5.84. The van der Waals surface area contributed by atoms with Crippen LogP contribution in [0.2, 0.25) is 0 Å². The van der Waals surface area contributed by atoms with E-state index in [4.69, 9.17) is 46.6 Å². The molecule has 2 fully saturated rings. The van der Waals surface area contributed by atoms with Crippen LogP contribution in [0.3, 0.4) is 0 Å². The highest BCUT2D eigenvalue weighted by atomic mass is 16.7. The van der Waals surface area contributed by atoms with E-state index < -0.39 is 61.0 Å². The van der Waals surface area contributed by atoms with E-state index in [1.807, 2.05) is 42.5 Å². The number of nitrogens with two attached hydrogens (primary N) is 4. The van der Waals surface area contributed by atoms with Gasteiger partial charge in [-0.05, 0) is 73.6 Å². The normalized spacial score (nSPS) is 28.5. The van der Waals surface area contributed by atoms with Crippen LogP contribution in [0.15, 0.2) is 127 Å². The van der Waals surface area contributed by atoms with Gasteiger partial charge in [0.05, 0.1) is 32.0 Å². The Bertz CT molecular complexity index is 2220. The fourth-order valence-electron chi connectivity index (χ4n) is 8.01. The van der Waals surface area contributed by atoms with E-state index in [1.165, 1.54) is 0 Å². The summed E-state index contributed by atoms with van der Waals surface area (Å²) in [5.74, 6) is 0. The summed E-state index contributed by atoms with van der Waals surface area (Å²) < 4.78 is 32.9. The zero-order valence-corrected chi connectivity index (χ0v) is 30.7. The van der Waals surface area contributed by atoms with Crippen molar-refractivity contribution in [3.05, 3.63) is 144 Å². The Labute approximate surface area is 321 Å². The van der Waals surface area contributed by atoms with E-state index >= 15 is 0 Å². The van der Waals surface area contributed by atoms with Crippen LogP contribution in [0.4, 0.5) is 0 Å². The van der Waals surface area contributed by atoms with Gasteiger partial charge in [0.1, 0.15) is 30.5 Å². The topological polar surface area (TPSA) is 170 Å². The average Bonchev–Trinajstić information content (AvgIpc) is 3.21. The average molecular weight is 743 g/mol. The second-order valence-electron chi connectivity index (χ2n) is 14.9. The van der Waals surface area contributed by atoms with Crippen molar-refractivity contribution in [3.63, 3.8) is 0 Å². The number of hydrogen-bond acceptors (Lipinski definition) is 10. The fraction of sp³-hybridized carbons (Fsp3) is 0.333. The van der Waals surface area contributed by atoms with Gasteiger partial charge in [0.25, 0.3) is 0 Å². The van der Waals surface area contributed by atoms with Gasteiger partial charge in [-0.1, -0.05) is 109 Å². The second kappa shape index (κ2) is 16.8. The maximum atomic E-state index is 11.4. The van der Waals surface area contributed by atoms with E-state index in [2.05, 4.69) is 84.9 Å². The molecule has 10 unspecified atom stereocenters. The Hall–Kier alpha value is -4.30. The Morgan fingerprint density at radius 1 is 0.527 bits per heavy atom. The monoisotopic (exact) mass is 742 g/mol. The van der Waals surface area contributed by atoms with Crippen LogP contribution in [-0.4, -0.2) is 72.7 Å². The summed E-state index contributed by atoms with van der Waals surface area (Å²) in [5, 5.41) is 18.1. The number of aliphatic hydroxyl groups excluding tert-OH is 1. The molecule has 6 aromatic carbocycles. The summed E-state index contributed by atoms with van der Waals surface area (Å²) in [4.78, 5) is 0. The Kier molecular flexibility index (Phi) is 11.5. The predicted octanol–water partition coefficient (Wildman–Crippen LogP) is 5.02. The summed E-state index contributed by atoms with van der Waals surface area (Å²) in [6.45, 7) is 0.913. The van der Waals surface area contributed by atoms with Crippen LogP contribution in [-0.2, 0) is 43.5 Å². The second-order valence-corrected chi connectivity index (χ2v) is 14.9. The molecule has 10 atom stereocenters. The Morgan fingerprint density at radius 2 is 0.964 bits per heavy atom. The molecule has 2 aliphatic rings. The SMILES string of the molecule is NCC1OC(OC2C(N)CC(N)C(O)C2OCc2ccc3ccccc3c2)C(N)C(OCc2ccc3ccccc3c2)C1OCc1ccc2ccccc2c1. The minimum atomic E-state index is -1.03. The molecule has 0 aromatic heterocycles. The van der Waals surface area contributed by atoms with Crippen molar-refractivity contribution < 1.29 is 28.8 Å². The van der Waals surface area contributed by atoms with Gasteiger partial charge in [-0.2, -0.15) is 0 Å². The van der Waals surface area contributed by atoms with E-state index in [9.17, 15) is 5.11 Å². The van der Waals surface area contributed by atoms with Crippen molar-refractivity contribution in [3.8, 4) is 0 Å². The molecule has 0 amide bonds. The van der Waals surface area contributed by atoms with Gasteiger partial charge >= 0.3 is 0 Å². The minimum Gasteiger partial charge on any atom is -0.389 e. The maximum absolute atomic E-state index is 11.4. The molecule has 6 aromatic rings. The van der Waals surface area contributed by atoms with Crippen LogP contribution in [0.1, 0.15) is 23.1 Å². The van der Waals surface area contributed by atoms with Crippen molar-refractivity contribution in [1.29, 1.82) is 0 Å². The number of benzene rings is 6. The lowest BCUT2D eigenvalue weighted by molar-refractivity contribution is -0.303. The number of fused-ring (bicyclic) bond motifs is 3. The minimum absolute atomic E-state index is 0.122. The molecule has 0 radical (unpaired) electrons. The van der Waals surface area contributed by atoms with Crippen LogP contribution >= 0.6 is 0 Å².